The number of hydrogen-bond donors (Lipinski definition) is 1. The van der Waals surface area contributed by atoms with Gasteiger partial charge in [-0.25, -0.2) is 4.68 Å². The van der Waals surface area contributed by atoms with Crippen LogP contribution in [0.25, 0.3) is 16.6 Å². The molecule has 2 aromatic heterocycles. The number of aryl methyl sites for hydroxylation is 4. The lowest BCUT2D eigenvalue weighted by Gasteiger charge is -2.17. The van der Waals surface area contributed by atoms with Crippen molar-refractivity contribution in [3.8, 4) is 5.69 Å². The van der Waals surface area contributed by atoms with Gasteiger partial charge in [0.15, 0.2) is 5.82 Å². The standard InChI is InChI=1S/C21H28N4O/c1-7-16(8-2)22-20-17-9-10-25(19(17)21(26)24(6)23-20)18-14(4)11-13(3)12-15(18)5/h9-12,16H,7-8H2,1-6H3,(H,22,23). The molecule has 0 bridgehead atoms. The summed E-state index contributed by atoms with van der Waals surface area (Å²) in [7, 11) is 1.71. The Hall–Kier alpha value is -2.56. The zero-order chi connectivity index (χ0) is 19.0. The molecule has 0 atom stereocenters. The lowest BCUT2D eigenvalue weighted by atomic mass is 10.0. The Morgan fingerprint density at radius 3 is 2.31 bits per heavy atom. The summed E-state index contributed by atoms with van der Waals surface area (Å²) >= 11 is 0. The predicted octanol–water partition coefficient (Wildman–Crippen LogP) is 4.25. The van der Waals surface area contributed by atoms with Gasteiger partial charge in [0, 0.05) is 24.7 Å². The molecule has 26 heavy (non-hydrogen) atoms. The molecule has 0 aliphatic carbocycles. The molecule has 0 saturated heterocycles. The van der Waals surface area contributed by atoms with Crippen molar-refractivity contribution in [3.63, 3.8) is 0 Å². The molecule has 5 heteroatoms. The predicted molar refractivity (Wildman–Crippen MR) is 109 cm³/mol. The van der Waals surface area contributed by atoms with Gasteiger partial charge in [0.05, 0.1) is 5.69 Å². The first kappa shape index (κ1) is 18.2. The second-order valence-corrected chi connectivity index (χ2v) is 7.13. The number of fused-ring (bicyclic) bond motifs is 1. The SMILES string of the molecule is CCC(CC)Nc1nn(C)c(=O)c2c1ccn2-c1c(C)cc(C)cc1C. The molecule has 138 valence electrons. The van der Waals surface area contributed by atoms with E-state index in [1.54, 1.807) is 7.05 Å². The summed E-state index contributed by atoms with van der Waals surface area (Å²) in [5, 5.41) is 8.87. The summed E-state index contributed by atoms with van der Waals surface area (Å²) in [6.07, 6.45) is 4.01. The van der Waals surface area contributed by atoms with Crippen LogP contribution in [0, 0.1) is 20.8 Å². The van der Waals surface area contributed by atoms with E-state index in [0.29, 0.717) is 11.6 Å². The van der Waals surface area contributed by atoms with Crippen LogP contribution in [0.5, 0.6) is 0 Å². The molecular weight excluding hydrogens is 324 g/mol. The number of nitrogens with one attached hydrogen (secondary N) is 1. The van der Waals surface area contributed by atoms with Crippen LogP contribution >= 0.6 is 0 Å². The van der Waals surface area contributed by atoms with Gasteiger partial charge in [-0.05, 0) is 50.8 Å². The molecule has 0 aliphatic rings. The Balaban J connectivity index is 2.28. The van der Waals surface area contributed by atoms with Gasteiger partial charge in [-0.15, -0.1) is 0 Å². The molecule has 0 spiro atoms. The Morgan fingerprint density at radius 2 is 1.73 bits per heavy atom. The van der Waals surface area contributed by atoms with Crippen molar-refractivity contribution in [2.24, 2.45) is 7.05 Å². The van der Waals surface area contributed by atoms with Crippen molar-refractivity contribution < 1.29 is 0 Å². The Morgan fingerprint density at radius 1 is 1.12 bits per heavy atom. The second kappa shape index (κ2) is 6.98. The molecule has 1 aromatic carbocycles. The van der Waals surface area contributed by atoms with Gasteiger partial charge < -0.3 is 9.88 Å². The van der Waals surface area contributed by atoms with Crippen molar-refractivity contribution in [1.29, 1.82) is 0 Å². The van der Waals surface area contributed by atoms with E-state index in [4.69, 9.17) is 0 Å². The fourth-order valence-electron chi connectivity index (χ4n) is 3.78. The molecule has 0 radical (unpaired) electrons. The molecular formula is C21H28N4O. The molecule has 0 aliphatic heterocycles. The molecule has 1 N–H and O–H groups in total. The number of aromatic nitrogens is 3. The normalized spacial score (nSPS) is 11.5. The van der Waals surface area contributed by atoms with E-state index in [1.165, 1.54) is 10.2 Å². The van der Waals surface area contributed by atoms with E-state index in [9.17, 15) is 4.79 Å². The maximum Gasteiger partial charge on any atom is 0.291 e. The summed E-state index contributed by atoms with van der Waals surface area (Å²) in [5.41, 5.74) is 5.21. The maximum absolute atomic E-state index is 12.9. The highest BCUT2D eigenvalue weighted by Crippen LogP contribution is 2.28. The second-order valence-electron chi connectivity index (χ2n) is 7.13. The average Bonchev–Trinajstić information content (AvgIpc) is 3.01. The number of anilines is 1. The number of rotatable bonds is 5. The third kappa shape index (κ3) is 3.02. The fourth-order valence-corrected chi connectivity index (χ4v) is 3.78. The quantitative estimate of drug-likeness (QED) is 0.747. The molecule has 5 nitrogen and oxygen atoms in total. The monoisotopic (exact) mass is 352 g/mol. The van der Waals surface area contributed by atoms with Gasteiger partial charge in [-0.2, -0.15) is 5.10 Å². The lowest BCUT2D eigenvalue weighted by molar-refractivity contribution is 0.654. The number of hydrogen-bond acceptors (Lipinski definition) is 3. The maximum atomic E-state index is 12.9. The minimum absolute atomic E-state index is 0.0838. The van der Waals surface area contributed by atoms with E-state index in [-0.39, 0.29) is 5.56 Å². The van der Waals surface area contributed by atoms with Crippen LogP contribution in [-0.2, 0) is 7.05 Å². The van der Waals surface area contributed by atoms with Gasteiger partial charge in [0.1, 0.15) is 5.52 Å². The highest BCUT2D eigenvalue weighted by atomic mass is 16.1. The molecule has 0 unspecified atom stereocenters. The first-order chi connectivity index (χ1) is 12.4. The highest BCUT2D eigenvalue weighted by molar-refractivity contribution is 5.91. The Kier molecular flexibility index (Phi) is 4.90. The van der Waals surface area contributed by atoms with E-state index < -0.39 is 0 Å². The highest BCUT2D eigenvalue weighted by Gasteiger charge is 2.18. The van der Waals surface area contributed by atoms with Crippen LogP contribution in [-0.4, -0.2) is 20.4 Å². The average molecular weight is 352 g/mol. The topological polar surface area (TPSA) is 51.9 Å². The van der Waals surface area contributed by atoms with Gasteiger partial charge in [-0.3, -0.25) is 4.79 Å². The largest absolute Gasteiger partial charge is 0.365 e. The smallest absolute Gasteiger partial charge is 0.291 e. The van der Waals surface area contributed by atoms with Gasteiger partial charge in [0.25, 0.3) is 5.56 Å². The molecule has 2 heterocycles. The van der Waals surface area contributed by atoms with Crippen LogP contribution in [0.1, 0.15) is 43.4 Å². The zero-order valence-corrected chi connectivity index (χ0v) is 16.6. The zero-order valence-electron chi connectivity index (χ0n) is 16.6. The summed E-state index contributed by atoms with van der Waals surface area (Å²) in [4.78, 5) is 12.9. The number of nitrogens with zero attached hydrogens (tertiary/aromatic N) is 3. The minimum atomic E-state index is -0.0838. The summed E-state index contributed by atoms with van der Waals surface area (Å²) < 4.78 is 3.45. The van der Waals surface area contributed by atoms with E-state index in [2.05, 4.69) is 57.2 Å². The Bertz CT molecular complexity index is 986. The van der Waals surface area contributed by atoms with E-state index in [0.717, 1.165) is 40.9 Å². The van der Waals surface area contributed by atoms with Crippen molar-refractivity contribution in [1.82, 2.24) is 14.3 Å². The summed E-state index contributed by atoms with van der Waals surface area (Å²) in [6, 6.07) is 6.65. The van der Waals surface area contributed by atoms with Crippen molar-refractivity contribution in [3.05, 3.63) is 51.4 Å². The van der Waals surface area contributed by atoms with Crippen molar-refractivity contribution >= 4 is 16.7 Å². The van der Waals surface area contributed by atoms with Crippen LogP contribution in [0.4, 0.5) is 5.82 Å². The van der Waals surface area contributed by atoms with Crippen LogP contribution in [0.2, 0.25) is 0 Å². The third-order valence-electron chi connectivity index (χ3n) is 5.09. The third-order valence-corrected chi connectivity index (χ3v) is 5.09. The molecule has 0 saturated carbocycles. The summed E-state index contributed by atoms with van der Waals surface area (Å²) in [5.74, 6) is 0.775. The van der Waals surface area contributed by atoms with Crippen LogP contribution in [0.3, 0.4) is 0 Å². The number of benzene rings is 1. The van der Waals surface area contributed by atoms with Gasteiger partial charge in [-0.1, -0.05) is 31.5 Å². The molecule has 3 rings (SSSR count). The fraction of sp³-hybridized carbons (Fsp3) is 0.429. The van der Waals surface area contributed by atoms with E-state index >= 15 is 0 Å². The molecule has 0 amide bonds. The van der Waals surface area contributed by atoms with Crippen LogP contribution in [0.15, 0.2) is 29.2 Å². The molecule has 3 aromatic rings. The lowest BCUT2D eigenvalue weighted by Crippen LogP contribution is -2.25. The summed E-state index contributed by atoms with van der Waals surface area (Å²) in [6.45, 7) is 10.6. The Labute approximate surface area is 154 Å². The van der Waals surface area contributed by atoms with E-state index in [1.807, 2.05) is 16.8 Å². The molecule has 0 fully saturated rings. The van der Waals surface area contributed by atoms with Gasteiger partial charge in [0.2, 0.25) is 0 Å². The van der Waals surface area contributed by atoms with Gasteiger partial charge >= 0.3 is 0 Å². The first-order valence-electron chi connectivity index (χ1n) is 9.30. The first-order valence-corrected chi connectivity index (χ1v) is 9.30. The van der Waals surface area contributed by atoms with Crippen molar-refractivity contribution in [2.45, 2.75) is 53.5 Å². The van der Waals surface area contributed by atoms with Crippen LogP contribution < -0.4 is 10.9 Å². The minimum Gasteiger partial charge on any atom is -0.365 e. The van der Waals surface area contributed by atoms with Crippen molar-refractivity contribution in [2.75, 3.05) is 5.32 Å².